The van der Waals surface area contributed by atoms with Gasteiger partial charge in [-0.3, -0.25) is 0 Å². The van der Waals surface area contributed by atoms with Crippen LogP contribution in [-0.2, 0) is 0 Å². The van der Waals surface area contributed by atoms with Crippen molar-refractivity contribution in [1.29, 1.82) is 0 Å². The van der Waals surface area contributed by atoms with E-state index < -0.39 is 0 Å². The van der Waals surface area contributed by atoms with E-state index >= 15 is 0 Å². The average molecular weight is 651 g/mol. The second kappa shape index (κ2) is 10.9. The monoisotopic (exact) mass is 650 g/mol. The summed E-state index contributed by atoms with van der Waals surface area (Å²) in [6.07, 6.45) is 0. The zero-order chi connectivity index (χ0) is 31.6. The number of fused-ring (bicyclic) bond motifs is 8. The van der Waals surface area contributed by atoms with Crippen LogP contribution in [0, 0.1) is 0 Å². The highest BCUT2D eigenvalue weighted by atomic mass is 32.1. The summed E-state index contributed by atoms with van der Waals surface area (Å²) in [6.45, 7) is 0. The molecule has 3 aromatic heterocycles. The number of anilines is 3. The van der Waals surface area contributed by atoms with Crippen LogP contribution in [0.3, 0.4) is 0 Å². The van der Waals surface area contributed by atoms with Gasteiger partial charge < -0.3 is 9.32 Å². The highest BCUT2D eigenvalue weighted by molar-refractivity contribution is 7.25. The van der Waals surface area contributed by atoms with Crippen molar-refractivity contribution in [2.45, 2.75) is 0 Å². The molecule has 0 atom stereocenters. The maximum absolute atomic E-state index is 6.43. The lowest BCUT2D eigenvalue weighted by Gasteiger charge is -2.26. The van der Waals surface area contributed by atoms with E-state index in [2.05, 4.69) is 157 Å². The van der Waals surface area contributed by atoms with Gasteiger partial charge in [-0.1, -0.05) is 97.1 Å². The quantitative estimate of drug-likeness (QED) is 0.186. The number of furan rings is 1. The Labute approximate surface area is 284 Å². The molecule has 7 aromatic carbocycles. The average Bonchev–Trinajstić information content (AvgIpc) is 3.85. The van der Waals surface area contributed by atoms with Gasteiger partial charge in [-0.05, 0) is 71.8 Å². The molecule has 0 aliphatic rings. The van der Waals surface area contributed by atoms with E-state index in [-0.39, 0.29) is 0 Å². The third-order valence-electron chi connectivity index (χ3n) is 9.11. The summed E-state index contributed by atoms with van der Waals surface area (Å²) in [4.78, 5) is 7.52. The summed E-state index contributed by atoms with van der Waals surface area (Å²) < 4.78 is 10.1. The van der Waals surface area contributed by atoms with Crippen molar-refractivity contribution in [3.63, 3.8) is 0 Å². The molecule has 5 heteroatoms. The fourth-order valence-electron chi connectivity index (χ4n) is 6.82. The number of thiazole rings is 1. The number of aromatic nitrogens is 1. The second-order valence-corrected chi connectivity index (χ2v) is 14.1. The summed E-state index contributed by atoms with van der Waals surface area (Å²) >= 11 is 3.56. The van der Waals surface area contributed by atoms with Crippen LogP contribution in [0.5, 0.6) is 0 Å². The van der Waals surface area contributed by atoms with Gasteiger partial charge in [-0.25, -0.2) is 4.98 Å². The molecule has 0 saturated carbocycles. The maximum Gasteiger partial charge on any atom is 0.137 e. The molecule has 0 aliphatic heterocycles. The first kappa shape index (κ1) is 27.4. The largest absolute Gasteiger partial charge is 0.456 e. The Balaban J connectivity index is 1.17. The zero-order valence-electron chi connectivity index (χ0n) is 25.6. The lowest BCUT2D eigenvalue weighted by atomic mass is 10.0. The van der Waals surface area contributed by atoms with Crippen LogP contribution in [0.15, 0.2) is 162 Å². The Morgan fingerprint density at radius 3 is 1.92 bits per heavy atom. The van der Waals surface area contributed by atoms with Crippen molar-refractivity contribution in [2.75, 3.05) is 4.90 Å². The second-order valence-electron chi connectivity index (χ2n) is 12.0. The first-order chi connectivity index (χ1) is 23.8. The van der Waals surface area contributed by atoms with Gasteiger partial charge in [0.15, 0.2) is 0 Å². The minimum absolute atomic E-state index is 0.852. The third-order valence-corrected chi connectivity index (χ3v) is 11.3. The van der Waals surface area contributed by atoms with Crippen molar-refractivity contribution in [2.24, 2.45) is 0 Å². The molecule has 0 bridgehead atoms. The van der Waals surface area contributed by atoms with Gasteiger partial charge in [0, 0.05) is 48.2 Å². The highest BCUT2D eigenvalue weighted by Gasteiger charge is 2.19. The molecular weight excluding hydrogens is 625 g/mol. The number of hydrogen-bond donors (Lipinski definition) is 0. The molecule has 0 aliphatic carbocycles. The molecule has 0 N–H and O–H groups in total. The molecule has 0 fully saturated rings. The van der Waals surface area contributed by atoms with Crippen molar-refractivity contribution < 1.29 is 4.42 Å². The normalized spacial score (nSPS) is 11.8. The Morgan fingerprint density at radius 1 is 0.438 bits per heavy atom. The lowest BCUT2D eigenvalue weighted by Crippen LogP contribution is -2.09. The Kier molecular flexibility index (Phi) is 6.22. The van der Waals surface area contributed by atoms with E-state index in [4.69, 9.17) is 9.40 Å². The van der Waals surface area contributed by atoms with Crippen molar-refractivity contribution in [3.8, 4) is 21.7 Å². The minimum Gasteiger partial charge on any atom is -0.456 e. The van der Waals surface area contributed by atoms with Gasteiger partial charge in [0.2, 0.25) is 0 Å². The Morgan fingerprint density at radius 2 is 1.08 bits per heavy atom. The molecule has 0 unspecified atom stereocenters. The number of thiophene rings is 1. The van der Waals surface area contributed by atoms with E-state index in [9.17, 15) is 0 Å². The molecular formula is C43H26N2OS2. The molecule has 0 amide bonds. The molecule has 0 radical (unpaired) electrons. The Bertz CT molecular complexity index is 2780. The number of nitrogens with zero attached hydrogens (tertiary/aromatic N) is 2. The van der Waals surface area contributed by atoms with Crippen LogP contribution in [-0.4, -0.2) is 4.98 Å². The van der Waals surface area contributed by atoms with Crippen LogP contribution in [0.1, 0.15) is 0 Å². The number of rotatable bonds is 5. The summed E-state index contributed by atoms with van der Waals surface area (Å²) in [5.41, 5.74) is 9.48. The number of hydrogen-bond acceptors (Lipinski definition) is 5. The summed E-state index contributed by atoms with van der Waals surface area (Å²) in [5, 5.41) is 5.72. The standard InChI is InChI=1S/C43H26N2OS2/c1-3-9-27(10-4-1)28-15-17-30(18-16-28)45(32-19-21-34-33-13-7-8-14-38(33)47-40(34)26-32)31-20-22-36-35(25-31)41-37(46-36)23-24-39-42(41)44-43(48-39)29-11-5-2-6-12-29/h1-26H. The zero-order valence-corrected chi connectivity index (χ0v) is 27.3. The van der Waals surface area contributed by atoms with E-state index in [1.54, 1.807) is 11.3 Å². The maximum atomic E-state index is 6.43. The van der Waals surface area contributed by atoms with Crippen LogP contribution in [0.4, 0.5) is 17.1 Å². The molecule has 0 saturated heterocycles. The molecule has 0 spiro atoms. The smallest absolute Gasteiger partial charge is 0.137 e. The predicted octanol–water partition coefficient (Wildman–Crippen LogP) is 13.4. The van der Waals surface area contributed by atoms with Gasteiger partial charge in [0.25, 0.3) is 0 Å². The van der Waals surface area contributed by atoms with Crippen LogP contribution in [0.25, 0.3) is 74.0 Å². The van der Waals surface area contributed by atoms with Gasteiger partial charge in [0.05, 0.1) is 15.6 Å². The molecule has 226 valence electrons. The molecule has 3 heterocycles. The highest BCUT2D eigenvalue weighted by Crippen LogP contribution is 2.44. The van der Waals surface area contributed by atoms with Crippen molar-refractivity contribution >= 4 is 92.1 Å². The fourth-order valence-corrected chi connectivity index (χ4v) is 8.94. The predicted molar refractivity (Wildman–Crippen MR) is 205 cm³/mol. The summed E-state index contributed by atoms with van der Waals surface area (Å²) in [7, 11) is 0. The van der Waals surface area contributed by atoms with E-state index in [1.165, 1.54) is 31.3 Å². The summed E-state index contributed by atoms with van der Waals surface area (Å²) in [5.74, 6) is 0. The van der Waals surface area contributed by atoms with Crippen LogP contribution in [0.2, 0.25) is 0 Å². The van der Waals surface area contributed by atoms with Gasteiger partial charge >= 0.3 is 0 Å². The first-order valence-electron chi connectivity index (χ1n) is 15.9. The minimum atomic E-state index is 0.852. The first-order valence-corrected chi connectivity index (χ1v) is 17.6. The SMILES string of the molecule is c1ccc(-c2ccc(N(c3ccc4c(c3)sc3ccccc34)c3ccc4oc5ccc6sc(-c7ccccc7)nc6c5c4c3)cc2)cc1. The van der Waals surface area contributed by atoms with Crippen molar-refractivity contribution in [1.82, 2.24) is 4.98 Å². The summed E-state index contributed by atoms with van der Waals surface area (Å²) in [6, 6.07) is 56.1. The molecule has 10 aromatic rings. The molecule has 3 nitrogen and oxygen atoms in total. The topological polar surface area (TPSA) is 29.3 Å². The Hall–Kier alpha value is -5.75. The molecule has 48 heavy (non-hydrogen) atoms. The van der Waals surface area contributed by atoms with Crippen LogP contribution >= 0.6 is 22.7 Å². The number of benzene rings is 7. The fraction of sp³-hybridized carbons (Fsp3) is 0. The van der Waals surface area contributed by atoms with Crippen molar-refractivity contribution in [3.05, 3.63) is 158 Å². The van der Waals surface area contributed by atoms with E-state index in [0.29, 0.717) is 0 Å². The van der Waals surface area contributed by atoms with Crippen LogP contribution < -0.4 is 4.90 Å². The van der Waals surface area contributed by atoms with Gasteiger partial charge in [-0.2, -0.15) is 0 Å². The van der Waals surface area contributed by atoms with Gasteiger partial charge in [-0.15, -0.1) is 22.7 Å². The third kappa shape index (κ3) is 4.43. The lowest BCUT2D eigenvalue weighted by molar-refractivity contribution is 0.669. The van der Waals surface area contributed by atoms with E-state index in [1.807, 2.05) is 17.4 Å². The van der Waals surface area contributed by atoms with Gasteiger partial charge in [0.1, 0.15) is 16.2 Å². The van der Waals surface area contributed by atoms with E-state index in [0.717, 1.165) is 59.8 Å². The molecule has 10 rings (SSSR count).